The zero-order valence-corrected chi connectivity index (χ0v) is 17.7. The number of ether oxygens (including phenoxy) is 1. The predicted octanol–water partition coefficient (Wildman–Crippen LogP) is 4.00. The van der Waals surface area contributed by atoms with Gasteiger partial charge in [-0.15, -0.1) is 0 Å². The fourth-order valence-electron chi connectivity index (χ4n) is 4.31. The molecule has 32 heavy (non-hydrogen) atoms. The lowest BCUT2D eigenvalue weighted by Gasteiger charge is -2.19. The zero-order valence-electron chi connectivity index (χ0n) is 17.7. The summed E-state index contributed by atoms with van der Waals surface area (Å²) in [5.41, 5.74) is 2.72. The summed E-state index contributed by atoms with van der Waals surface area (Å²) in [5.74, 6) is 1.60. The van der Waals surface area contributed by atoms with E-state index in [4.69, 9.17) is 9.72 Å². The molecule has 2 atom stereocenters. The largest absolute Gasteiger partial charge is 0.491 e. The first-order valence-corrected chi connectivity index (χ1v) is 10.9. The Morgan fingerprint density at radius 2 is 1.66 bits per heavy atom. The molecule has 1 amide bonds. The van der Waals surface area contributed by atoms with Crippen LogP contribution in [0, 0.1) is 0 Å². The van der Waals surface area contributed by atoms with Gasteiger partial charge < -0.3 is 19.3 Å². The third-order valence-electron chi connectivity index (χ3n) is 5.82. The van der Waals surface area contributed by atoms with Gasteiger partial charge in [0.15, 0.2) is 0 Å². The molecule has 1 aliphatic heterocycles. The van der Waals surface area contributed by atoms with Crippen LogP contribution < -0.4 is 9.64 Å². The van der Waals surface area contributed by atoms with Crippen molar-refractivity contribution in [1.29, 1.82) is 0 Å². The van der Waals surface area contributed by atoms with Gasteiger partial charge in [0, 0.05) is 24.6 Å². The minimum Gasteiger partial charge on any atom is -0.491 e. The second-order valence-corrected chi connectivity index (χ2v) is 8.09. The molecule has 4 aromatic rings. The molecule has 6 nitrogen and oxygen atoms in total. The molecule has 2 heterocycles. The van der Waals surface area contributed by atoms with Crippen molar-refractivity contribution in [3.63, 3.8) is 0 Å². The van der Waals surface area contributed by atoms with Crippen LogP contribution in [0.25, 0.3) is 11.0 Å². The van der Waals surface area contributed by atoms with E-state index in [-0.39, 0.29) is 18.4 Å². The van der Waals surface area contributed by atoms with Gasteiger partial charge in [-0.05, 0) is 36.4 Å². The van der Waals surface area contributed by atoms with E-state index in [0.29, 0.717) is 19.5 Å². The number of rotatable bonds is 7. The number of fused-ring (bicyclic) bond motifs is 1. The van der Waals surface area contributed by atoms with Crippen molar-refractivity contribution in [3.05, 3.63) is 90.8 Å². The zero-order chi connectivity index (χ0) is 21.9. The van der Waals surface area contributed by atoms with Gasteiger partial charge >= 0.3 is 0 Å². The molecule has 2 unspecified atom stereocenters. The second kappa shape index (κ2) is 8.85. The van der Waals surface area contributed by atoms with Crippen molar-refractivity contribution >= 4 is 22.6 Å². The topological polar surface area (TPSA) is 67.6 Å². The van der Waals surface area contributed by atoms with Crippen molar-refractivity contribution in [3.8, 4) is 5.75 Å². The smallest absolute Gasteiger partial charge is 0.227 e. The number of nitrogens with zero attached hydrogens (tertiary/aromatic N) is 3. The van der Waals surface area contributed by atoms with E-state index >= 15 is 0 Å². The van der Waals surface area contributed by atoms with Gasteiger partial charge in [-0.1, -0.05) is 48.5 Å². The van der Waals surface area contributed by atoms with Crippen LogP contribution in [0.15, 0.2) is 84.9 Å². The van der Waals surface area contributed by atoms with Gasteiger partial charge in [0.2, 0.25) is 5.91 Å². The summed E-state index contributed by atoms with van der Waals surface area (Å²) < 4.78 is 7.78. The number of aliphatic hydroxyl groups excluding tert-OH is 1. The molecule has 0 saturated carbocycles. The molecule has 1 aromatic heterocycles. The number of carbonyl (C=O) groups is 1. The first kappa shape index (κ1) is 20.3. The minimum absolute atomic E-state index is 0.0441. The van der Waals surface area contributed by atoms with Crippen molar-refractivity contribution < 1.29 is 14.6 Å². The Labute approximate surface area is 186 Å². The number of hydrogen-bond donors (Lipinski definition) is 1. The maximum absolute atomic E-state index is 12.8. The van der Waals surface area contributed by atoms with E-state index in [1.165, 1.54) is 0 Å². The number of amides is 1. The standard InChI is InChI=1S/C26H25N3O3/c30-21(18-32-22-11-5-2-6-12-22)17-29-24-14-8-7-13-23(24)27-26(29)19-15-25(31)28(16-19)20-9-3-1-4-10-20/h1-14,19,21,30H,15-18H2. The summed E-state index contributed by atoms with van der Waals surface area (Å²) >= 11 is 0. The molecule has 0 bridgehead atoms. The van der Waals surface area contributed by atoms with E-state index in [1.807, 2.05) is 94.4 Å². The van der Waals surface area contributed by atoms with Crippen molar-refractivity contribution in [2.24, 2.45) is 0 Å². The highest BCUT2D eigenvalue weighted by Crippen LogP contribution is 2.33. The average Bonchev–Trinajstić information content (AvgIpc) is 3.39. The molecule has 3 aromatic carbocycles. The van der Waals surface area contributed by atoms with Gasteiger partial charge in [-0.2, -0.15) is 0 Å². The molecule has 0 aliphatic carbocycles. The summed E-state index contributed by atoms with van der Waals surface area (Å²) in [6, 6.07) is 27.1. The molecular weight excluding hydrogens is 402 g/mol. The third-order valence-corrected chi connectivity index (χ3v) is 5.82. The number of aromatic nitrogens is 2. The number of anilines is 1. The Bertz CT molecular complexity index is 1210. The van der Waals surface area contributed by atoms with Crippen LogP contribution in [-0.4, -0.2) is 39.8 Å². The molecule has 0 spiro atoms. The quantitative estimate of drug-likeness (QED) is 0.484. The van der Waals surface area contributed by atoms with Crippen molar-refractivity contribution in [2.45, 2.75) is 25.0 Å². The summed E-state index contributed by atoms with van der Waals surface area (Å²) in [5, 5.41) is 10.7. The van der Waals surface area contributed by atoms with Gasteiger partial charge in [-0.3, -0.25) is 4.79 Å². The summed E-state index contributed by atoms with van der Waals surface area (Å²) in [7, 11) is 0. The molecule has 1 N–H and O–H groups in total. The van der Waals surface area contributed by atoms with Crippen LogP contribution >= 0.6 is 0 Å². The number of aliphatic hydroxyl groups is 1. The minimum atomic E-state index is -0.714. The van der Waals surface area contributed by atoms with E-state index in [0.717, 1.165) is 28.3 Å². The van der Waals surface area contributed by atoms with E-state index in [1.54, 1.807) is 0 Å². The van der Waals surface area contributed by atoms with Crippen LogP contribution in [0.1, 0.15) is 18.2 Å². The van der Waals surface area contributed by atoms with E-state index in [9.17, 15) is 9.90 Å². The highest BCUT2D eigenvalue weighted by atomic mass is 16.5. The lowest BCUT2D eigenvalue weighted by atomic mass is 10.1. The molecule has 6 heteroatoms. The monoisotopic (exact) mass is 427 g/mol. The maximum atomic E-state index is 12.8. The van der Waals surface area contributed by atoms with Crippen LogP contribution in [0.2, 0.25) is 0 Å². The van der Waals surface area contributed by atoms with Crippen LogP contribution in [-0.2, 0) is 11.3 Å². The lowest BCUT2D eigenvalue weighted by Crippen LogP contribution is -2.26. The molecule has 5 rings (SSSR count). The number of para-hydroxylation sites is 4. The molecule has 1 saturated heterocycles. The Morgan fingerprint density at radius 1 is 0.969 bits per heavy atom. The molecular formula is C26H25N3O3. The molecule has 1 fully saturated rings. The maximum Gasteiger partial charge on any atom is 0.227 e. The predicted molar refractivity (Wildman–Crippen MR) is 124 cm³/mol. The summed E-state index contributed by atoms with van der Waals surface area (Å²) in [6.45, 7) is 1.09. The van der Waals surface area contributed by atoms with Gasteiger partial charge in [0.1, 0.15) is 24.3 Å². The summed E-state index contributed by atoms with van der Waals surface area (Å²) in [4.78, 5) is 19.5. The van der Waals surface area contributed by atoms with E-state index in [2.05, 4.69) is 0 Å². The Kier molecular flexibility index (Phi) is 5.60. The summed E-state index contributed by atoms with van der Waals surface area (Å²) in [6.07, 6.45) is -0.316. The van der Waals surface area contributed by atoms with Gasteiger partial charge in [0.05, 0.1) is 17.6 Å². The van der Waals surface area contributed by atoms with Crippen LogP contribution in [0.3, 0.4) is 0 Å². The normalized spacial score (nSPS) is 17.1. The Morgan fingerprint density at radius 3 is 2.44 bits per heavy atom. The van der Waals surface area contributed by atoms with E-state index < -0.39 is 6.10 Å². The molecule has 162 valence electrons. The van der Waals surface area contributed by atoms with Gasteiger partial charge in [-0.25, -0.2) is 4.98 Å². The molecule has 0 radical (unpaired) electrons. The first-order valence-electron chi connectivity index (χ1n) is 10.9. The molecule has 1 aliphatic rings. The van der Waals surface area contributed by atoms with Crippen LogP contribution in [0.4, 0.5) is 5.69 Å². The third kappa shape index (κ3) is 4.09. The number of hydrogen-bond acceptors (Lipinski definition) is 4. The second-order valence-electron chi connectivity index (χ2n) is 8.09. The fourth-order valence-corrected chi connectivity index (χ4v) is 4.31. The lowest BCUT2D eigenvalue weighted by molar-refractivity contribution is -0.117. The highest BCUT2D eigenvalue weighted by Gasteiger charge is 2.35. The number of carbonyl (C=O) groups excluding carboxylic acids is 1. The first-order chi connectivity index (χ1) is 15.7. The van der Waals surface area contributed by atoms with Crippen molar-refractivity contribution in [2.75, 3.05) is 18.1 Å². The fraction of sp³-hybridized carbons (Fsp3) is 0.231. The number of benzene rings is 3. The number of imidazole rings is 1. The average molecular weight is 428 g/mol. The van der Waals surface area contributed by atoms with Gasteiger partial charge in [0.25, 0.3) is 0 Å². The highest BCUT2D eigenvalue weighted by molar-refractivity contribution is 5.96. The Balaban J connectivity index is 1.39. The SMILES string of the molecule is O=C1CC(c2nc3ccccc3n2CC(O)COc2ccccc2)CN1c1ccccc1. The van der Waals surface area contributed by atoms with Crippen LogP contribution in [0.5, 0.6) is 5.75 Å². The Hall–Kier alpha value is -3.64. The van der Waals surface area contributed by atoms with Crippen molar-refractivity contribution in [1.82, 2.24) is 9.55 Å².